The van der Waals surface area contributed by atoms with E-state index in [2.05, 4.69) is 51.2 Å². The third-order valence-corrected chi connectivity index (χ3v) is 5.80. The summed E-state index contributed by atoms with van der Waals surface area (Å²) < 4.78 is 6.75. The lowest BCUT2D eigenvalue weighted by atomic mass is 9.89. The molecule has 1 aliphatic carbocycles. The van der Waals surface area contributed by atoms with Gasteiger partial charge in [0.15, 0.2) is 0 Å². The van der Waals surface area contributed by atoms with Crippen LogP contribution in [0.5, 0.6) is 0 Å². The maximum atomic E-state index is 10.0. The number of pyridine rings is 1. The summed E-state index contributed by atoms with van der Waals surface area (Å²) >= 11 is 3.53. The van der Waals surface area contributed by atoms with Crippen molar-refractivity contribution in [1.29, 1.82) is 0 Å². The Labute approximate surface area is 146 Å². The van der Waals surface area contributed by atoms with Crippen molar-refractivity contribution in [2.45, 2.75) is 43.8 Å². The molecule has 0 spiro atoms. The van der Waals surface area contributed by atoms with Gasteiger partial charge in [0.1, 0.15) is 0 Å². The van der Waals surface area contributed by atoms with Crippen molar-refractivity contribution in [2.24, 2.45) is 0 Å². The molecule has 23 heavy (non-hydrogen) atoms. The number of hydrogen-bond acceptors (Lipinski definition) is 5. The minimum atomic E-state index is -0.352. The van der Waals surface area contributed by atoms with Crippen LogP contribution in [-0.4, -0.2) is 60.0 Å². The Kier molecular flexibility index (Phi) is 5.38. The molecule has 1 aromatic heterocycles. The summed E-state index contributed by atoms with van der Waals surface area (Å²) in [6.07, 6.45) is 5.17. The molecule has 3 atom stereocenters. The number of nitrogens with one attached hydrogen (secondary N) is 1. The molecule has 0 saturated carbocycles. The third kappa shape index (κ3) is 3.46. The van der Waals surface area contributed by atoms with E-state index in [0.29, 0.717) is 19.2 Å². The predicted octanol–water partition coefficient (Wildman–Crippen LogP) is 1.89. The average Bonchev–Trinajstić information content (AvgIpc) is 2.56. The first-order valence-electron chi connectivity index (χ1n) is 8.35. The maximum Gasteiger partial charge on any atom is 0.0802 e. The molecule has 1 unspecified atom stereocenters. The monoisotopic (exact) mass is 383 g/mol. The highest BCUT2D eigenvalue weighted by atomic mass is 79.9. The number of aliphatic hydroxyl groups is 1. The fourth-order valence-corrected chi connectivity index (χ4v) is 3.99. The number of likely N-dealkylation sites (N-methyl/N-ethyl adjacent to an activating group) is 1. The zero-order valence-corrected chi connectivity index (χ0v) is 15.5. The van der Waals surface area contributed by atoms with Gasteiger partial charge in [-0.2, -0.15) is 0 Å². The smallest absolute Gasteiger partial charge is 0.0802 e. The van der Waals surface area contributed by atoms with E-state index < -0.39 is 0 Å². The van der Waals surface area contributed by atoms with Crippen LogP contribution in [0.3, 0.4) is 0 Å². The van der Waals surface area contributed by atoms with Gasteiger partial charge in [-0.05, 0) is 60.8 Å². The Balaban J connectivity index is 1.74. The molecule has 0 radical (unpaired) electrons. The summed E-state index contributed by atoms with van der Waals surface area (Å²) in [5, 5.41) is 13.7. The molecule has 128 valence electrons. The molecule has 1 aliphatic heterocycles. The number of morpholine rings is 1. The predicted molar refractivity (Wildman–Crippen MR) is 93.5 cm³/mol. The molecular formula is C17H26BrN3O2. The lowest BCUT2D eigenvalue weighted by Gasteiger charge is -2.48. The largest absolute Gasteiger partial charge is 0.394 e. The highest BCUT2D eigenvalue weighted by molar-refractivity contribution is 9.10. The molecular weight excluding hydrogens is 358 g/mol. The Morgan fingerprint density at radius 3 is 3.17 bits per heavy atom. The van der Waals surface area contributed by atoms with Gasteiger partial charge < -0.3 is 15.2 Å². The van der Waals surface area contributed by atoms with Gasteiger partial charge in [0.25, 0.3) is 0 Å². The van der Waals surface area contributed by atoms with Gasteiger partial charge in [0.2, 0.25) is 0 Å². The van der Waals surface area contributed by atoms with Crippen LogP contribution in [0.1, 0.15) is 37.1 Å². The van der Waals surface area contributed by atoms with E-state index in [-0.39, 0.29) is 18.2 Å². The topological polar surface area (TPSA) is 57.6 Å². The lowest BCUT2D eigenvalue weighted by molar-refractivity contribution is -0.107. The van der Waals surface area contributed by atoms with Crippen LogP contribution in [0.25, 0.3) is 0 Å². The van der Waals surface area contributed by atoms with Crippen LogP contribution in [0.15, 0.2) is 16.7 Å². The van der Waals surface area contributed by atoms with E-state index in [0.717, 1.165) is 30.3 Å². The molecule has 1 saturated heterocycles. The summed E-state index contributed by atoms with van der Waals surface area (Å²) in [6.45, 7) is 4.23. The molecule has 3 rings (SSSR count). The first-order valence-corrected chi connectivity index (χ1v) is 9.14. The van der Waals surface area contributed by atoms with E-state index in [9.17, 15) is 5.11 Å². The van der Waals surface area contributed by atoms with Gasteiger partial charge >= 0.3 is 0 Å². The second-order valence-corrected chi connectivity index (χ2v) is 7.79. The number of nitrogens with zero attached hydrogens (tertiary/aromatic N) is 2. The van der Waals surface area contributed by atoms with Crippen molar-refractivity contribution in [2.75, 3.05) is 33.4 Å². The van der Waals surface area contributed by atoms with Crippen molar-refractivity contribution in [3.05, 3.63) is 28.0 Å². The number of ether oxygens (including phenoxy) is 1. The maximum absolute atomic E-state index is 10.0. The molecule has 1 aromatic rings. The molecule has 0 amide bonds. The minimum absolute atomic E-state index is 0.0944. The molecule has 0 bridgehead atoms. The SMILES string of the molecule is C[C@@H]1COC[C@@](CO)(CNC2CCCc3ncc(Br)cc32)N1C. The van der Waals surface area contributed by atoms with E-state index in [4.69, 9.17) is 4.74 Å². The first kappa shape index (κ1) is 17.3. The van der Waals surface area contributed by atoms with E-state index in [1.54, 1.807) is 0 Å². The van der Waals surface area contributed by atoms with Crippen molar-refractivity contribution >= 4 is 15.9 Å². The van der Waals surface area contributed by atoms with Gasteiger partial charge in [-0.3, -0.25) is 9.88 Å². The van der Waals surface area contributed by atoms with Crippen LogP contribution in [0, 0.1) is 0 Å². The van der Waals surface area contributed by atoms with E-state index in [1.807, 2.05) is 6.20 Å². The van der Waals surface area contributed by atoms with Gasteiger partial charge in [-0.15, -0.1) is 0 Å². The number of aliphatic hydroxyl groups excluding tert-OH is 1. The van der Waals surface area contributed by atoms with Gasteiger partial charge in [0.05, 0.1) is 25.4 Å². The Morgan fingerprint density at radius 1 is 1.57 bits per heavy atom. The second kappa shape index (κ2) is 7.15. The third-order valence-electron chi connectivity index (χ3n) is 5.36. The number of halogens is 1. The van der Waals surface area contributed by atoms with E-state index >= 15 is 0 Å². The summed E-state index contributed by atoms with van der Waals surface area (Å²) in [4.78, 5) is 6.81. The van der Waals surface area contributed by atoms with Gasteiger partial charge in [-0.1, -0.05) is 0 Å². The van der Waals surface area contributed by atoms with E-state index in [1.165, 1.54) is 11.3 Å². The van der Waals surface area contributed by atoms with Crippen molar-refractivity contribution in [1.82, 2.24) is 15.2 Å². The van der Waals surface area contributed by atoms with Crippen molar-refractivity contribution < 1.29 is 9.84 Å². The van der Waals surface area contributed by atoms with Gasteiger partial charge in [-0.25, -0.2) is 0 Å². The zero-order chi connectivity index (χ0) is 16.4. The lowest BCUT2D eigenvalue weighted by Crippen LogP contribution is -2.65. The number of aryl methyl sites for hydroxylation is 1. The fourth-order valence-electron chi connectivity index (χ4n) is 3.64. The van der Waals surface area contributed by atoms with Crippen LogP contribution in [0.4, 0.5) is 0 Å². The first-order chi connectivity index (χ1) is 11.1. The average molecular weight is 384 g/mol. The number of aromatic nitrogens is 1. The number of hydrogen-bond donors (Lipinski definition) is 2. The van der Waals surface area contributed by atoms with Crippen LogP contribution in [0.2, 0.25) is 0 Å². The number of rotatable bonds is 4. The summed E-state index contributed by atoms with van der Waals surface area (Å²) in [5.41, 5.74) is 2.12. The molecule has 2 heterocycles. The summed E-state index contributed by atoms with van der Waals surface area (Å²) in [5.74, 6) is 0. The highest BCUT2D eigenvalue weighted by Gasteiger charge is 2.40. The molecule has 2 aliphatic rings. The number of fused-ring (bicyclic) bond motifs is 1. The summed E-state index contributed by atoms with van der Waals surface area (Å²) in [7, 11) is 2.08. The summed E-state index contributed by atoms with van der Waals surface area (Å²) in [6, 6.07) is 2.78. The highest BCUT2D eigenvalue weighted by Crippen LogP contribution is 2.31. The van der Waals surface area contributed by atoms with Crippen LogP contribution >= 0.6 is 15.9 Å². The fraction of sp³-hybridized carbons (Fsp3) is 0.706. The quantitative estimate of drug-likeness (QED) is 0.831. The zero-order valence-electron chi connectivity index (χ0n) is 13.9. The molecule has 6 heteroatoms. The molecule has 5 nitrogen and oxygen atoms in total. The Bertz CT molecular complexity index is 557. The van der Waals surface area contributed by atoms with Gasteiger partial charge in [0, 0.05) is 35.0 Å². The Hall–Kier alpha value is -0.530. The van der Waals surface area contributed by atoms with Crippen molar-refractivity contribution in [3.8, 4) is 0 Å². The normalized spacial score (nSPS) is 31.8. The Morgan fingerprint density at radius 2 is 2.39 bits per heavy atom. The second-order valence-electron chi connectivity index (χ2n) is 6.87. The van der Waals surface area contributed by atoms with Crippen LogP contribution < -0.4 is 5.32 Å². The molecule has 0 aromatic carbocycles. The van der Waals surface area contributed by atoms with Crippen molar-refractivity contribution in [3.63, 3.8) is 0 Å². The molecule has 1 fully saturated rings. The molecule has 2 N–H and O–H groups in total. The standard InChI is InChI=1S/C17H26BrN3O2/c1-12-8-23-11-17(10-22,21(12)2)9-20-16-5-3-4-15-14(16)6-13(18)7-19-15/h6-7,12,16,20,22H,3-5,8-11H2,1-2H3/t12-,16?,17+/m1/s1. The van der Waals surface area contributed by atoms with Crippen LogP contribution in [-0.2, 0) is 11.2 Å². The minimum Gasteiger partial charge on any atom is -0.394 e.